The van der Waals surface area contributed by atoms with Gasteiger partial charge in [0.1, 0.15) is 0 Å². The van der Waals surface area contributed by atoms with E-state index in [9.17, 15) is 0 Å². The summed E-state index contributed by atoms with van der Waals surface area (Å²) in [6.45, 7) is 16.4. The van der Waals surface area contributed by atoms with Crippen molar-refractivity contribution in [3.8, 4) is 0 Å². The average Bonchev–Trinajstić information content (AvgIpc) is 2.49. The lowest BCUT2D eigenvalue weighted by Gasteiger charge is -2.39. The molecule has 2 rings (SSSR count). The fraction of sp³-hybridized carbons (Fsp3) is 0.700. The SMILES string of the molecule is CC.CCN1CCC(N)(Cc2ccc(C(C)(C)C)cc2)CC1. The van der Waals surface area contributed by atoms with Gasteiger partial charge in [-0.1, -0.05) is 65.8 Å². The number of likely N-dealkylation sites (tertiary alicyclic amines) is 1. The van der Waals surface area contributed by atoms with E-state index in [0.29, 0.717) is 0 Å². The maximum absolute atomic E-state index is 6.61. The molecule has 0 radical (unpaired) electrons. The van der Waals surface area contributed by atoms with Crippen LogP contribution in [0.15, 0.2) is 24.3 Å². The molecule has 0 aliphatic carbocycles. The molecule has 1 aromatic carbocycles. The molecule has 1 aliphatic rings. The molecule has 22 heavy (non-hydrogen) atoms. The van der Waals surface area contributed by atoms with Crippen LogP contribution in [0.25, 0.3) is 0 Å². The molecule has 0 aromatic heterocycles. The van der Waals surface area contributed by atoms with Gasteiger partial charge in [-0.05, 0) is 55.4 Å². The van der Waals surface area contributed by atoms with Crippen LogP contribution in [-0.2, 0) is 11.8 Å². The highest BCUT2D eigenvalue weighted by atomic mass is 15.1. The van der Waals surface area contributed by atoms with Gasteiger partial charge in [-0.25, -0.2) is 0 Å². The lowest BCUT2D eigenvalue weighted by molar-refractivity contribution is 0.168. The molecule has 1 aromatic rings. The molecular formula is C20H36N2. The van der Waals surface area contributed by atoms with Gasteiger partial charge < -0.3 is 10.6 Å². The molecule has 0 bridgehead atoms. The molecule has 0 saturated carbocycles. The lowest BCUT2D eigenvalue weighted by Crippen LogP contribution is -2.51. The van der Waals surface area contributed by atoms with E-state index >= 15 is 0 Å². The van der Waals surface area contributed by atoms with Crippen molar-refractivity contribution >= 4 is 0 Å². The number of nitrogens with zero attached hydrogens (tertiary/aromatic N) is 1. The van der Waals surface area contributed by atoms with Crippen LogP contribution in [-0.4, -0.2) is 30.1 Å². The molecule has 126 valence electrons. The minimum absolute atomic E-state index is 0.00504. The number of rotatable bonds is 3. The Hall–Kier alpha value is -0.860. The minimum Gasteiger partial charge on any atom is -0.325 e. The van der Waals surface area contributed by atoms with Gasteiger partial charge in [-0.3, -0.25) is 0 Å². The van der Waals surface area contributed by atoms with Gasteiger partial charge in [0.25, 0.3) is 0 Å². The molecule has 2 heteroatoms. The molecular weight excluding hydrogens is 268 g/mol. The molecule has 1 fully saturated rings. The largest absolute Gasteiger partial charge is 0.325 e. The number of hydrogen-bond acceptors (Lipinski definition) is 2. The zero-order valence-corrected chi connectivity index (χ0v) is 15.6. The first-order valence-corrected chi connectivity index (χ1v) is 8.93. The summed E-state index contributed by atoms with van der Waals surface area (Å²) in [6, 6.07) is 9.06. The van der Waals surface area contributed by atoms with E-state index in [4.69, 9.17) is 5.73 Å². The smallest absolute Gasteiger partial charge is 0.0219 e. The summed E-state index contributed by atoms with van der Waals surface area (Å²) in [5.74, 6) is 0. The van der Waals surface area contributed by atoms with E-state index < -0.39 is 0 Å². The molecule has 1 aliphatic heterocycles. The van der Waals surface area contributed by atoms with Crippen molar-refractivity contribution in [2.45, 2.75) is 71.8 Å². The van der Waals surface area contributed by atoms with Crippen molar-refractivity contribution in [1.29, 1.82) is 0 Å². The van der Waals surface area contributed by atoms with Crippen molar-refractivity contribution in [1.82, 2.24) is 4.90 Å². The van der Waals surface area contributed by atoms with Gasteiger partial charge in [-0.2, -0.15) is 0 Å². The van der Waals surface area contributed by atoms with Gasteiger partial charge >= 0.3 is 0 Å². The van der Waals surface area contributed by atoms with Crippen LogP contribution in [0.4, 0.5) is 0 Å². The Labute approximate surface area is 138 Å². The second-order valence-corrected chi connectivity index (χ2v) is 7.42. The van der Waals surface area contributed by atoms with Crippen molar-refractivity contribution in [2.75, 3.05) is 19.6 Å². The third kappa shape index (κ3) is 5.40. The fourth-order valence-electron chi connectivity index (χ4n) is 3.02. The van der Waals surface area contributed by atoms with Crippen LogP contribution in [0.1, 0.15) is 65.5 Å². The summed E-state index contributed by atoms with van der Waals surface area (Å²) < 4.78 is 0. The topological polar surface area (TPSA) is 29.3 Å². The third-order valence-corrected chi connectivity index (χ3v) is 4.68. The zero-order chi connectivity index (χ0) is 16.8. The number of piperidine rings is 1. The molecule has 0 atom stereocenters. The normalized spacial score (nSPS) is 18.5. The molecule has 1 heterocycles. The Morgan fingerprint density at radius 2 is 1.55 bits per heavy atom. The van der Waals surface area contributed by atoms with Gasteiger partial charge in [0, 0.05) is 5.54 Å². The van der Waals surface area contributed by atoms with E-state index in [2.05, 4.69) is 56.9 Å². The summed E-state index contributed by atoms with van der Waals surface area (Å²) in [5, 5.41) is 0. The Morgan fingerprint density at radius 3 is 1.95 bits per heavy atom. The van der Waals surface area contributed by atoms with Gasteiger partial charge in [-0.15, -0.1) is 0 Å². The van der Waals surface area contributed by atoms with Crippen LogP contribution in [0.2, 0.25) is 0 Å². The third-order valence-electron chi connectivity index (χ3n) is 4.68. The summed E-state index contributed by atoms with van der Waals surface area (Å²) in [7, 11) is 0. The fourth-order valence-corrected chi connectivity index (χ4v) is 3.02. The summed E-state index contributed by atoms with van der Waals surface area (Å²) in [5.41, 5.74) is 9.60. The maximum atomic E-state index is 6.61. The first-order valence-electron chi connectivity index (χ1n) is 8.93. The van der Waals surface area contributed by atoms with Crippen LogP contribution >= 0.6 is 0 Å². The van der Waals surface area contributed by atoms with E-state index in [1.165, 1.54) is 11.1 Å². The first-order chi connectivity index (χ1) is 10.3. The van der Waals surface area contributed by atoms with E-state index in [0.717, 1.165) is 38.9 Å². The standard InChI is InChI=1S/C18H30N2.C2H6/c1-5-20-12-10-18(19,11-13-20)14-15-6-8-16(9-7-15)17(2,3)4;1-2/h6-9H,5,10-14,19H2,1-4H3;1-2H3. The lowest BCUT2D eigenvalue weighted by atomic mass is 9.81. The average molecular weight is 305 g/mol. The highest BCUT2D eigenvalue weighted by Gasteiger charge is 2.30. The summed E-state index contributed by atoms with van der Waals surface area (Å²) in [4.78, 5) is 2.49. The predicted molar refractivity (Wildman–Crippen MR) is 98.5 cm³/mol. The first kappa shape index (κ1) is 19.2. The Bertz CT molecular complexity index is 420. The van der Waals surface area contributed by atoms with Gasteiger partial charge in [0.15, 0.2) is 0 Å². The molecule has 2 N–H and O–H groups in total. The molecule has 0 amide bonds. The maximum Gasteiger partial charge on any atom is 0.0219 e. The van der Waals surface area contributed by atoms with E-state index in [1.54, 1.807) is 0 Å². The van der Waals surface area contributed by atoms with Gasteiger partial charge in [0.05, 0.1) is 0 Å². The van der Waals surface area contributed by atoms with E-state index in [1.807, 2.05) is 13.8 Å². The summed E-state index contributed by atoms with van der Waals surface area (Å²) >= 11 is 0. The molecule has 0 unspecified atom stereocenters. The number of nitrogens with two attached hydrogens (primary N) is 1. The highest BCUT2D eigenvalue weighted by molar-refractivity contribution is 5.28. The molecule has 2 nitrogen and oxygen atoms in total. The monoisotopic (exact) mass is 304 g/mol. The van der Waals surface area contributed by atoms with Crippen molar-refractivity contribution in [3.63, 3.8) is 0 Å². The Morgan fingerprint density at radius 1 is 1.05 bits per heavy atom. The second-order valence-electron chi connectivity index (χ2n) is 7.42. The van der Waals surface area contributed by atoms with Crippen LogP contribution in [0.3, 0.4) is 0 Å². The zero-order valence-electron chi connectivity index (χ0n) is 15.6. The van der Waals surface area contributed by atoms with Crippen LogP contribution < -0.4 is 5.73 Å². The van der Waals surface area contributed by atoms with Crippen molar-refractivity contribution in [3.05, 3.63) is 35.4 Å². The molecule has 0 spiro atoms. The second kappa shape index (κ2) is 8.12. The summed E-state index contributed by atoms with van der Waals surface area (Å²) in [6.07, 6.45) is 3.23. The van der Waals surface area contributed by atoms with E-state index in [-0.39, 0.29) is 11.0 Å². The quantitative estimate of drug-likeness (QED) is 0.898. The Balaban J connectivity index is 0.00000116. The van der Waals surface area contributed by atoms with Crippen LogP contribution in [0, 0.1) is 0 Å². The number of benzene rings is 1. The minimum atomic E-state index is -0.00504. The Kier molecular flexibility index (Phi) is 7.08. The predicted octanol–water partition coefficient (Wildman–Crippen LogP) is 4.37. The van der Waals surface area contributed by atoms with Gasteiger partial charge in [0.2, 0.25) is 0 Å². The number of hydrogen-bond donors (Lipinski definition) is 1. The van der Waals surface area contributed by atoms with Crippen LogP contribution in [0.5, 0.6) is 0 Å². The highest BCUT2D eigenvalue weighted by Crippen LogP contribution is 2.26. The molecule has 1 saturated heterocycles. The van der Waals surface area contributed by atoms with Crippen molar-refractivity contribution < 1.29 is 0 Å². The van der Waals surface area contributed by atoms with Crippen molar-refractivity contribution in [2.24, 2.45) is 5.73 Å².